The Labute approximate surface area is 204 Å². The van der Waals surface area contributed by atoms with Gasteiger partial charge in [-0.05, 0) is 79.2 Å². The normalized spacial score (nSPS) is 15.0. The lowest BCUT2D eigenvalue weighted by Gasteiger charge is -2.12. The van der Waals surface area contributed by atoms with Gasteiger partial charge >= 0.3 is 5.97 Å². The van der Waals surface area contributed by atoms with E-state index in [0.29, 0.717) is 15.6 Å². The van der Waals surface area contributed by atoms with Crippen molar-refractivity contribution in [1.82, 2.24) is 9.47 Å². The number of thioether (sulfide) groups is 1. The Kier molecular flexibility index (Phi) is 6.38. The SMILES string of the molecule is Cc1cc(/C=C2\SC(=O)N(Cc3ccc(Cl)cc3)C2=O)c(C)n1-c1ccc(Cl)c(C(=O)O)c1. The van der Waals surface area contributed by atoms with Crippen LogP contribution in [0.5, 0.6) is 0 Å². The van der Waals surface area contributed by atoms with Crippen molar-refractivity contribution in [3.63, 3.8) is 0 Å². The summed E-state index contributed by atoms with van der Waals surface area (Å²) in [5.41, 5.74) is 3.86. The fourth-order valence-electron chi connectivity index (χ4n) is 3.70. The number of rotatable bonds is 5. The van der Waals surface area contributed by atoms with E-state index in [2.05, 4.69) is 0 Å². The number of aryl methyl sites for hydroxylation is 1. The van der Waals surface area contributed by atoms with Crippen LogP contribution in [0.15, 0.2) is 53.4 Å². The van der Waals surface area contributed by atoms with Crippen molar-refractivity contribution in [3.8, 4) is 5.69 Å². The van der Waals surface area contributed by atoms with Gasteiger partial charge in [-0.1, -0.05) is 35.3 Å². The maximum absolute atomic E-state index is 12.9. The summed E-state index contributed by atoms with van der Waals surface area (Å²) >= 11 is 12.8. The monoisotopic (exact) mass is 500 g/mol. The molecule has 168 valence electrons. The first-order chi connectivity index (χ1) is 15.7. The topological polar surface area (TPSA) is 79.6 Å². The van der Waals surface area contributed by atoms with E-state index in [-0.39, 0.29) is 28.3 Å². The van der Waals surface area contributed by atoms with E-state index < -0.39 is 5.97 Å². The molecule has 0 saturated carbocycles. The van der Waals surface area contributed by atoms with Gasteiger partial charge in [0.2, 0.25) is 0 Å². The van der Waals surface area contributed by atoms with E-state index in [0.717, 1.165) is 34.3 Å². The minimum absolute atomic E-state index is 0.00605. The van der Waals surface area contributed by atoms with E-state index in [4.69, 9.17) is 23.2 Å². The maximum Gasteiger partial charge on any atom is 0.337 e. The second-order valence-corrected chi connectivity index (χ2v) is 9.36. The summed E-state index contributed by atoms with van der Waals surface area (Å²) in [4.78, 5) is 38.4. The maximum atomic E-state index is 12.9. The van der Waals surface area contributed by atoms with E-state index in [1.54, 1.807) is 42.5 Å². The number of imide groups is 1. The highest BCUT2D eigenvalue weighted by Gasteiger charge is 2.35. The van der Waals surface area contributed by atoms with E-state index >= 15 is 0 Å². The van der Waals surface area contributed by atoms with Gasteiger partial charge in [0.1, 0.15) is 0 Å². The van der Waals surface area contributed by atoms with Gasteiger partial charge in [0, 0.05) is 22.1 Å². The van der Waals surface area contributed by atoms with E-state index in [9.17, 15) is 19.5 Å². The average molecular weight is 501 g/mol. The van der Waals surface area contributed by atoms with Crippen LogP contribution in [-0.2, 0) is 11.3 Å². The molecule has 1 saturated heterocycles. The Bertz CT molecular complexity index is 1330. The molecular weight excluding hydrogens is 483 g/mol. The first-order valence-corrected chi connectivity index (χ1v) is 11.4. The van der Waals surface area contributed by atoms with Gasteiger partial charge in [0.15, 0.2) is 0 Å². The highest BCUT2D eigenvalue weighted by molar-refractivity contribution is 8.18. The number of halogens is 2. The van der Waals surface area contributed by atoms with Crippen molar-refractivity contribution < 1.29 is 19.5 Å². The molecule has 1 fully saturated rings. The molecule has 2 amide bonds. The number of carbonyl (C=O) groups excluding carboxylic acids is 2. The van der Waals surface area contributed by atoms with Crippen molar-refractivity contribution >= 4 is 58.2 Å². The number of carboxylic acids is 1. The molecule has 1 N–H and O–H groups in total. The summed E-state index contributed by atoms with van der Waals surface area (Å²) in [5.74, 6) is -1.47. The molecular formula is C24H18Cl2N2O4S. The standard InChI is InChI=1S/C24H18Cl2N2O4S/c1-13-9-16(14(2)28(13)18-7-8-20(26)19(11-18)23(30)31)10-21-22(29)27(24(32)33-21)12-15-3-5-17(25)6-4-15/h3-11H,12H2,1-2H3,(H,30,31)/b21-10-. The second-order valence-electron chi connectivity index (χ2n) is 7.53. The molecule has 33 heavy (non-hydrogen) atoms. The smallest absolute Gasteiger partial charge is 0.337 e. The molecule has 2 aromatic carbocycles. The van der Waals surface area contributed by atoms with Gasteiger partial charge in [-0.2, -0.15) is 0 Å². The molecule has 0 radical (unpaired) electrons. The third-order valence-corrected chi connectivity index (χ3v) is 6.81. The van der Waals surface area contributed by atoms with Gasteiger partial charge in [0.05, 0.1) is 22.0 Å². The average Bonchev–Trinajstić information content (AvgIpc) is 3.19. The number of hydrogen-bond acceptors (Lipinski definition) is 4. The van der Waals surface area contributed by atoms with Gasteiger partial charge in [-0.15, -0.1) is 0 Å². The summed E-state index contributed by atoms with van der Waals surface area (Å²) in [6, 6.07) is 13.7. The molecule has 0 unspecified atom stereocenters. The van der Waals surface area contributed by atoms with Crippen LogP contribution < -0.4 is 0 Å². The summed E-state index contributed by atoms with van der Waals surface area (Å²) in [5, 5.41) is 9.79. The van der Waals surface area contributed by atoms with Gasteiger partial charge < -0.3 is 9.67 Å². The number of aromatic nitrogens is 1. The van der Waals surface area contributed by atoms with Crippen LogP contribution in [0, 0.1) is 13.8 Å². The second kappa shape index (κ2) is 9.09. The molecule has 1 aliphatic heterocycles. The highest BCUT2D eigenvalue weighted by Crippen LogP contribution is 2.35. The number of carbonyl (C=O) groups is 3. The third-order valence-electron chi connectivity index (χ3n) is 5.32. The Morgan fingerprint density at radius 1 is 1.06 bits per heavy atom. The van der Waals surface area contributed by atoms with Crippen molar-refractivity contribution in [1.29, 1.82) is 0 Å². The highest BCUT2D eigenvalue weighted by atomic mass is 35.5. The number of hydrogen-bond donors (Lipinski definition) is 1. The summed E-state index contributed by atoms with van der Waals surface area (Å²) in [6.45, 7) is 3.92. The van der Waals surface area contributed by atoms with Crippen LogP contribution in [0.1, 0.15) is 32.9 Å². The Hall–Kier alpha value is -3.00. The molecule has 6 nitrogen and oxygen atoms in total. The fraction of sp³-hybridized carbons (Fsp3) is 0.125. The molecule has 0 atom stereocenters. The Balaban J connectivity index is 1.64. The molecule has 9 heteroatoms. The van der Waals surface area contributed by atoms with Crippen LogP contribution >= 0.6 is 35.0 Å². The molecule has 0 spiro atoms. The largest absolute Gasteiger partial charge is 0.478 e. The quantitative estimate of drug-likeness (QED) is 0.413. The Morgan fingerprint density at radius 2 is 1.76 bits per heavy atom. The van der Waals surface area contributed by atoms with Crippen molar-refractivity contribution in [2.75, 3.05) is 0 Å². The summed E-state index contributed by atoms with van der Waals surface area (Å²) < 4.78 is 1.88. The molecule has 2 heterocycles. The van der Waals surface area contributed by atoms with Crippen LogP contribution in [0.4, 0.5) is 4.79 Å². The van der Waals surface area contributed by atoms with Crippen LogP contribution in [0.3, 0.4) is 0 Å². The first-order valence-electron chi connectivity index (χ1n) is 9.87. The molecule has 1 aromatic heterocycles. The molecule has 0 aliphatic carbocycles. The van der Waals surface area contributed by atoms with Crippen LogP contribution in [-0.4, -0.2) is 31.7 Å². The lowest BCUT2D eigenvalue weighted by Crippen LogP contribution is -2.27. The van der Waals surface area contributed by atoms with E-state index in [1.165, 1.54) is 11.0 Å². The van der Waals surface area contributed by atoms with E-state index in [1.807, 2.05) is 24.5 Å². The number of nitrogens with zero attached hydrogens (tertiary/aromatic N) is 2. The molecule has 3 aromatic rings. The lowest BCUT2D eigenvalue weighted by atomic mass is 10.2. The number of carboxylic acid groups (broad SMARTS) is 1. The minimum atomic E-state index is -1.11. The molecule has 4 rings (SSSR count). The van der Waals surface area contributed by atoms with Gasteiger partial charge in [0.25, 0.3) is 11.1 Å². The van der Waals surface area contributed by atoms with Crippen molar-refractivity contribution in [2.24, 2.45) is 0 Å². The lowest BCUT2D eigenvalue weighted by molar-refractivity contribution is -0.123. The third kappa shape index (κ3) is 4.57. The van der Waals surface area contributed by atoms with Gasteiger partial charge in [-0.3, -0.25) is 14.5 Å². The summed E-state index contributed by atoms with van der Waals surface area (Å²) in [7, 11) is 0. The zero-order valence-electron chi connectivity index (χ0n) is 17.6. The zero-order chi connectivity index (χ0) is 23.9. The first kappa shape index (κ1) is 23.2. The van der Waals surface area contributed by atoms with Crippen LogP contribution in [0.25, 0.3) is 11.8 Å². The predicted octanol–water partition coefficient (Wildman–Crippen LogP) is 6.34. The number of aromatic carboxylic acids is 1. The molecule has 1 aliphatic rings. The minimum Gasteiger partial charge on any atom is -0.478 e. The van der Waals surface area contributed by atoms with Crippen LogP contribution in [0.2, 0.25) is 10.0 Å². The van der Waals surface area contributed by atoms with Crippen molar-refractivity contribution in [2.45, 2.75) is 20.4 Å². The fourth-order valence-corrected chi connectivity index (χ4v) is 4.85. The van der Waals surface area contributed by atoms with Gasteiger partial charge in [-0.25, -0.2) is 4.79 Å². The summed E-state index contributed by atoms with van der Waals surface area (Å²) in [6.07, 6.45) is 1.69. The molecule has 0 bridgehead atoms. The zero-order valence-corrected chi connectivity index (χ0v) is 20.0. The van der Waals surface area contributed by atoms with Crippen molar-refractivity contribution in [3.05, 3.63) is 91.6 Å². The predicted molar refractivity (Wildman–Crippen MR) is 130 cm³/mol. The number of amides is 2. The number of benzene rings is 2. The Morgan fingerprint density at radius 3 is 2.42 bits per heavy atom.